The third kappa shape index (κ3) is 3.66. The molecule has 138 valence electrons. The lowest BCUT2D eigenvalue weighted by molar-refractivity contribution is -0.138. The maximum absolute atomic E-state index is 12.9. The van der Waals surface area contributed by atoms with E-state index < -0.39 is 34.6 Å². The fourth-order valence-electron chi connectivity index (χ4n) is 2.44. The van der Waals surface area contributed by atoms with E-state index in [2.05, 4.69) is 9.97 Å². The van der Waals surface area contributed by atoms with Gasteiger partial charge in [-0.3, -0.25) is 4.79 Å². The zero-order valence-corrected chi connectivity index (χ0v) is 14.1. The number of nitriles is 1. The summed E-state index contributed by atoms with van der Waals surface area (Å²) in [6.45, 7) is -0.678. The summed E-state index contributed by atoms with van der Waals surface area (Å²) in [5.41, 5.74) is -1.24. The first-order valence-electron chi connectivity index (χ1n) is 7.45. The van der Waals surface area contributed by atoms with E-state index in [1.807, 2.05) is 0 Å². The second-order valence-electron chi connectivity index (χ2n) is 5.54. The van der Waals surface area contributed by atoms with Crippen molar-refractivity contribution >= 4 is 28.2 Å². The minimum absolute atomic E-state index is 0.0299. The Morgan fingerprint density at radius 2 is 2.07 bits per heavy atom. The third-order valence-electron chi connectivity index (χ3n) is 3.72. The summed E-state index contributed by atoms with van der Waals surface area (Å²) >= 11 is 5.58. The summed E-state index contributed by atoms with van der Waals surface area (Å²) in [7, 11) is 0. The Bertz CT molecular complexity index is 1120. The summed E-state index contributed by atoms with van der Waals surface area (Å²) in [5, 5.41) is 18.9. The van der Waals surface area contributed by atoms with Crippen LogP contribution in [0.15, 0.2) is 47.1 Å². The summed E-state index contributed by atoms with van der Waals surface area (Å²) in [6, 6.07) is 9.10. The molecule has 0 saturated carbocycles. The molecule has 0 aliphatic heterocycles. The molecule has 0 fully saturated rings. The first kappa shape index (κ1) is 18.5. The first-order valence-corrected chi connectivity index (χ1v) is 7.83. The predicted molar refractivity (Wildman–Crippen MR) is 92.0 cm³/mol. The van der Waals surface area contributed by atoms with Crippen LogP contribution in [0.2, 0.25) is 5.02 Å². The number of aromatic amines is 1. The van der Waals surface area contributed by atoms with Gasteiger partial charge < -0.3 is 14.7 Å². The van der Waals surface area contributed by atoms with E-state index >= 15 is 0 Å². The van der Waals surface area contributed by atoms with Crippen molar-refractivity contribution in [2.75, 3.05) is 0 Å². The molecule has 27 heavy (non-hydrogen) atoms. The topological polar surface area (TPSA) is 94.7 Å². The zero-order chi connectivity index (χ0) is 19.8. The number of halogens is 4. The molecule has 3 rings (SSSR count). The molecule has 2 aromatic heterocycles. The molecule has 0 aliphatic rings. The average Bonchev–Trinajstić information content (AvgIpc) is 3.02. The van der Waals surface area contributed by atoms with Gasteiger partial charge in [0, 0.05) is 6.20 Å². The minimum Gasteiger partial charge on any atom is -0.509 e. The quantitative estimate of drug-likeness (QED) is 0.520. The molecule has 0 saturated heterocycles. The van der Waals surface area contributed by atoms with Crippen LogP contribution in [0.5, 0.6) is 0 Å². The van der Waals surface area contributed by atoms with Crippen molar-refractivity contribution in [1.29, 1.82) is 5.26 Å². The first-order chi connectivity index (χ1) is 12.7. The molecule has 0 unspecified atom stereocenters. The minimum atomic E-state index is -4.73. The monoisotopic (exact) mass is 394 g/mol. The van der Waals surface area contributed by atoms with Crippen molar-refractivity contribution in [2.45, 2.75) is 12.7 Å². The Kier molecular flexibility index (Phi) is 4.68. The molecule has 0 aliphatic carbocycles. The molecule has 0 atom stereocenters. The van der Waals surface area contributed by atoms with Gasteiger partial charge in [0.05, 0.1) is 23.1 Å². The number of benzene rings is 1. The molecule has 6 nitrogen and oxygen atoms in total. The highest BCUT2D eigenvalue weighted by Gasteiger charge is 2.32. The zero-order valence-electron chi connectivity index (χ0n) is 13.4. The Balaban J connectivity index is 2.06. The number of fused-ring (bicyclic) bond motifs is 1. The van der Waals surface area contributed by atoms with Gasteiger partial charge in [-0.1, -0.05) is 23.7 Å². The van der Waals surface area contributed by atoms with Crippen molar-refractivity contribution in [2.24, 2.45) is 0 Å². The van der Waals surface area contributed by atoms with Gasteiger partial charge in [-0.25, -0.2) is 4.98 Å². The van der Waals surface area contributed by atoms with Crippen molar-refractivity contribution in [1.82, 2.24) is 14.5 Å². The number of alkyl halides is 3. The summed E-state index contributed by atoms with van der Waals surface area (Å²) in [4.78, 5) is 19.0. The standard InChI is InChI=1S/C17H10ClF3N4O2/c18-11-5-9(17(19,20)21)7-25(16(11)27)8-14(26)10(6-22)15-23-12-3-1-2-4-13(12)24-15/h1-5,7,26H,8H2,(H,23,24). The second kappa shape index (κ2) is 6.81. The van der Waals surface area contributed by atoms with Gasteiger partial charge in [0.15, 0.2) is 5.82 Å². The molecular weight excluding hydrogens is 385 g/mol. The number of nitrogens with one attached hydrogen (secondary N) is 1. The van der Waals surface area contributed by atoms with E-state index in [0.717, 1.165) is 0 Å². The van der Waals surface area contributed by atoms with Crippen molar-refractivity contribution < 1.29 is 18.3 Å². The second-order valence-corrected chi connectivity index (χ2v) is 5.95. The van der Waals surface area contributed by atoms with Crippen LogP contribution in [-0.2, 0) is 12.7 Å². The number of aromatic nitrogens is 3. The Hall–Kier alpha value is -3.25. The van der Waals surface area contributed by atoms with Crippen LogP contribution in [0.25, 0.3) is 16.6 Å². The van der Waals surface area contributed by atoms with E-state index in [0.29, 0.717) is 27.9 Å². The van der Waals surface area contributed by atoms with Crippen LogP contribution >= 0.6 is 11.6 Å². The lowest BCUT2D eigenvalue weighted by Gasteiger charge is -2.12. The summed E-state index contributed by atoms with van der Waals surface area (Å²) in [6.07, 6.45) is -4.20. The maximum atomic E-state index is 12.9. The molecule has 10 heteroatoms. The van der Waals surface area contributed by atoms with Gasteiger partial charge in [0.1, 0.15) is 22.4 Å². The van der Waals surface area contributed by atoms with Crippen molar-refractivity contribution in [3.8, 4) is 6.07 Å². The molecule has 0 amide bonds. The number of rotatable bonds is 3. The predicted octanol–water partition coefficient (Wildman–Crippen LogP) is 3.89. The number of pyridine rings is 1. The Morgan fingerprint density at radius 1 is 1.37 bits per heavy atom. The molecule has 0 spiro atoms. The summed E-state index contributed by atoms with van der Waals surface area (Å²) in [5.74, 6) is -0.601. The number of hydrogen-bond acceptors (Lipinski definition) is 4. The number of para-hydroxylation sites is 2. The van der Waals surface area contributed by atoms with Gasteiger partial charge in [0.2, 0.25) is 0 Å². The van der Waals surface area contributed by atoms with E-state index in [4.69, 9.17) is 11.6 Å². The smallest absolute Gasteiger partial charge is 0.417 e. The number of imidazole rings is 1. The lowest BCUT2D eigenvalue weighted by atomic mass is 10.2. The lowest BCUT2D eigenvalue weighted by Crippen LogP contribution is -2.24. The van der Waals surface area contributed by atoms with E-state index in [-0.39, 0.29) is 11.4 Å². The normalized spacial score (nSPS) is 12.7. The highest BCUT2D eigenvalue weighted by molar-refractivity contribution is 6.30. The average molecular weight is 395 g/mol. The van der Waals surface area contributed by atoms with E-state index in [1.54, 1.807) is 30.3 Å². The van der Waals surface area contributed by atoms with Crippen LogP contribution < -0.4 is 5.56 Å². The number of hydrogen-bond donors (Lipinski definition) is 2. The molecule has 1 aromatic carbocycles. The van der Waals surface area contributed by atoms with Gasteiger partial charge in [-0.15, -0.1) is 0 Å². The Labute approximate surface area is 154 Å². The number of H-pyrrole nitrogens is 1. The molecule has 0 radical (unpaired) electrons. The van der Waals surface area contributed by atoms with Crippen LogP contribution in [0.4, 0.5) is 13.2 Å². The van der Waals surface area contributed by atoms with Crippen molar-refractivity contribution in [3.05, 3.63) is 69.1 Å². The van der Waals surface area contributed by atoms with Crippen LogP contribution in [0.1, 0.15) is 11.4 Å². The van der Waals surface area contributed by atoms with E-state index in [9.17, 15) is 28.3 Å². The molecule has 2 N–H and O–H groups in total. The highest BCUT2D eigenvalue weighted by atomic mass is 35.5. The molecular formula is C17H10ClF3N4O2. The SMILES string of the molecule is N#CC(=C(O)Cn1cc(C(F)(F)F)cc(Cl)c1=O)c1nc2ccccc2[nH]1. The largest absolute Gasteiger partial charge is 0.509 e. The van der Waals surface area contributed by atoms with Gasteiger partial charge in [0.25, 0.3) is 5.56 Å². The van der Waals surface area contributed by atoms with Crippen LogP contribution in [0, 0.1) is 11.3 Å². The van der Waals surface area contributed by atoms with Gasteiger partial charge in [-0.2, -0.15) is 18.4 Å². The van der Waals surface area contributed by atoms with Crippen molar-refractivity contribution in [3.63, 3.8) is 0 Å². The van der Waals surface area contributed by atoms with Crippen LogP contribution in [-0.4, -0.2) is 19.6 Å². The molecule has 2 heterocycles. The van der Waals surface area contributed by atoms with E-state index in [1.165, 1.54) is 0 Å². The number of aliphatic hydroxyl groups excluding tert-OH is 1. The maximum Gasteiger partial charge on any atom is 0.417 e. The third-order valence-corrected chi connectivity index (χ3v) is 3.99. The summed E-state index contributed by atoms with van der Waals surface area (Å²) < 4.78 is 39.3. The molecule has 0 bridgehead atoms. The molecule has 3 aromatic rings. The number of nitrogens with zero attached hydrogens (tertiary/aromatic N) is 3. The fraction of sp³-hybridized carbons (Fsp3) is 0.118. The Morgan fingerprint density at radius 3 is 2.70 bits per heavy atom. The highest BCUT2D eigenvalue weighted by Crippen LogP contribution is 2.30. The van der Waals surface area contributed by atoms with Gasteiger partial charge >= 0.3 is 6.18 Å². The van der Waals surface area contributed by atoms with Crippen LogP contribution in [0.3, 0.4) is 0 Å². The number of aliphatic hydroxyl groups is 1. The number of allylic oxidation sites excluding steroid dienone is 2. The fourth-order valence-corrected chi connectivity index (χ4v) is 2.66. The van der Waals surface area contributed by atoms with Gasteiger partial charge in [-0.05, 0) is 18.2 Å².